The van der Waals surface area contributed by atoms with Gasteiger partial charge in [0.25, 0.3) is 5.91 Å². The molecule has 2 aromatic heterocycles. The van der Waals surface area contributed by atoms with Crippen LogP contribution in [0.5, 0.6) is 0 Å². The van der Waals surface area contributed by atoms with E-state index < -0.39 is 17.6 Å². The van der Waals surface area contributed by atoms with E-state index >= 15 is 0 Å². The van der Waals surface area contributed by atoms with Crippen molar-refractivity contribution < 1.29 is 18.0 Å². The molecular formula is C26H20F3N7OS. The maximum absolute atomic E-state index is 12.8. The number of halogens is 3. The van der Waals surface area contributed by atoms with Crippen LogP contribution in [0.2, 0.25) is 0 Å². The molecule has 0 saturated carbocycles. The highest BCUT2D eigenvalue weighted by molar-refractivity contribution is 7.08. The second-order valence-electron chi connectivity index (χ2n) is 8.27. The highest BCUT2D eigenvalue weighted by Crippen LogP contribution is 2.30. The number of aromatic amines is 1. The van der Waals surface area contributed by atoms with Gasteiger partial charge < -0.3 is 0 Å². The van der Waals surface area contributed by atoms with Crippen molar-refractivity contribution in [1.82, 2.24) is 30.4 Å². The summed E-state index contributed by atoms with van der Waals surface area (Å²) in [7, 11) is 0. The lowest BCUT2D eigenvalue weighted by atomic mass is 9.98. The molecule has 0 bridgehead atoms. The Balaban J connectivity index is 1.40. The summed E-state index contributed by atoms with van der Waals surface area (Å²) in [5.74, 6) is -0.0635. The van der Waals surface area contributed by atoms with Crippen LogP contribution >= 0.6 is 11.3 Å². The average molecular weight is 536 g/mol. The molecule has 12 heteroatoms. The first-order valence-electron chi connectivity index (χ1n) is 11.6. The van der Waals surface area contributed by atoms with Crippen LogP contribution < -0.4 is 4.80 Å². The minimum atomic E-state index is -4.47. The first-order valence-corrected chi connectivity index (χ1v) is 12.4. The number of tetrazole rings is 1. The lowest BCUT2D eigenvalue weighted by molar-refractivity contribution is -0.137. The van der Waals surface area contributed by atoms with Crippen LogP contribution in [0.3, 0.4) is 0 Å². The molecule has 0 spiro atoms. The average Bonchev–Trinajstić information content (AvgIpc) is 3.59. The molecule has 5 rings (SSSR count). The topological polar surface area (TPSA) is 102 Å². The number of carbonyl (C=O) groups excluding carboxylic acids is 1. The molecule has 8 nitrogen and oxygen atoms in total. The molecule has 38 heavy (non-hydrogen) atoms. The molecule has 0 aliphatic carbocycles. The van der Waals surface area contributed by atoms with Gasteiger partial charge in [0.05, 0.1) is 12.1 Å². The summed E-state index contributed by atoms with van der Waals surface area (Å²) in [5.41, 5.74) is 2.99. The molecule has 3 aromatic carbocycles. The molecule has 0 atom stereocenters. The fourth-order valence-corrected chi connectivity index (χ4v) is 4.65. The normalized spacial score (nSPS) is 12.2. The Morgan fingerprint density at radius 1 is 1.00 bits per heavy atom. The molecule has 0 radical (unpaired) electrons. The maximum Gasteiger partial charge on any atom is 0.416 e. The summed E-state index contributed by atoms with van der Waals surface area (Å²) in [6.07, 6.45) is -3.82. The van der Waals surface area contributed by atoms with Gasteiger partial charge in [-0.2, -0.15) is 23.3 Å². The predicted octanol–water partition coefficient (Wildman–Crippen LogP) is 5.16. The lowest BCUT2D eigenvalue weighted by Crippen LogP contribution is -2.19. The van der Waals surface area contributed by atoms with Gasteiger partial charge in [0.2, 0.25) is 4.80 Å². The Hall–Kier alpha value is -4.45. The van der Waals surface area contributed by atoms with Crippen molar-refractivity contribution in [3.05, 3.63) is 99.3 Å². The fourth-order valence-electron chi connectivity index (χ4n) is 3.81. The third kappa shape index (κ3) is 5.44. The standard InChI is InChI=1S/C26H20F3N7OS/c1-2-22-33-36(25(38-22)30-24(37)18-11-13-19(14-12-18)26(27,28)29)15-16-7-9-17(10-8-16)20-5-3-4-6-21(20)23-31-34-35-32-23/h3-14H,2,15H2,1H3,(H,31,32,34,35). The number of aryl methyl sites for hydroxylation is 1. The summed E-state index contributed by atoms with van der Waals surface area (Å²) in [5, 5.41) is 19.5. The molecule has 0 fully saturated rings. The van der Waals surface area contributed by atoms with Gasteiger partial charge in [0.1, 0.15) is 5.01 Å². The molecule has 1 N–H and O–H groups in total. The number of carbonyl (C=O) groups is 1. The molecule has 2 heterocycles. The van der Waals surface area contributed by atoms with Crippen molar-refractivity contribution >= 4 is 17.2 Å². The monoisotopic (exact) mass is 535 g/mol. The largest absolute Gasteiger partial charge is 0.416 e. The molecule has 0 aliphatic rings. The van der Waals surface area contributed by atoms with Gasteiger partial charge in [-0.05, 0) is 57.8 Å². The number of nitrogens with one attached hydrogen (secondary N) is 1. The maximum atomic E-state index is 12.8. The van der Waals surface area contributed by atoms with Crippen molar-refractivity contribution in [2.45, 2.75) is 26.1 Å². The summed E-state index contributed by atoms with van der Waals surface area (Å²) in [6.45, 7) is 2.31. The van der Waals surface area contributed by atoms with Gasteiger partial charge in [-0.3, -0.25) is 4.79 Å². The number of hydrogen-bond acceptors (Lipinski definition) is 6. The Morgan fingerprint density at radius 2 is 1.71 bits per heavy atom. The molecular weight excluding hydrogens is 515 g/mol. The number of aromatic nitrogens is 6. The van der Waals surface area contributed by atoms with E-state index in [-0.39, 0.29) is 5.56 Å². The summed E-state index contributed by atoms with van der Waals surface area (Å²) < 4.78 is 40.2. The van der Waals surface area contributed by atoms with Crippen LogP contribution in [0, 0.1) is 0 Å². The molecule has 5 aromatic rings. The Kier molecular flexibility index (Phi) is 6.97. The van der Waals surface area contributed by atoms with E-state index in [4.69, 9.17) is 0 Å². The predicted molar refractivity (Wildman–Crippen MR) is 135 cm³/mol. The fraction of sp³-hybridized carbons (Fsp3) is 0.154. The van der Waals surface area contributed by atoms with E-state index in [1.165, 1.54) is 11.3 Å². The van der Waals surface area contributed by atoms with E-state index in [1.807, 2.05) is 55.5 Å². The second kappa shape index (κ2) is 10.5. The minimum Gasteiger partial charge on any atom is -0.267 e. The number of benzene rings is 3. The number of hydrogen-bond donors (Lipinski definition) is 1. The highest BCUT2D eigenvalue weighted by atomic mass is 32.1. The zero-order chi connectivity index (χ0) is 26.7. The van der Waals surface area contributed by atoms with E-state index in [1.54, 1.807) is 4.68 Å². The Morgan fingerprint density at radius 3 is 2.34 bits per heavy atom. The van der Waals surface area contributed by atoms with E-state index in [0.717, 1.165) is 51.5 Å². The summed E-state index contributed by atoms with van der Waals surface area (Å²) in [4.78, 5) is 17.3. The summed E-state index contributed by atoms with van der Waals surface area (Å²) >= 11 is 1.27. The van der Waals surface area contributed by atoms with Gasteiger partial charge in [0, 0.05) is 11.1 Å². The van der Waals surface area contributed by atoms with Crippen LogP contribution in [-0.4, -0.2) is 36.3 Å². The van der Waals surface area contributed by atoms with Crippen molar-refractivity contribution in [3.63, 3.8) is 0 Å². The van der Waals surface area contributed by atoms with Crippen LogP contribution in [0.1, 0.15) is 33.4 Å². The van der Waals surface area contributed by atoms with E-state index in [0.29, 0.717) is 23.6 Å². The highest BCUT2D eigenvalue weighted by Gasteiger charge is 2.30. The van der Waals surface area contributed by atoms with Gasteiger partial charge in [-0.1, -0.05) is 66.8 Å². The van der Waals surface area contributed by atoms with Crippen LogP contribution in [0.15, 0.2) is 77.8 Å². The number of nitrogens with zero attached hydrogens (tertiary/aromatic N) is 6. The quantitative estimate of drug-likeness (QED) is 0.324. The zero-order valence-corrected chi connectivity index (χ0v) is 20.8. The van der Waals surface area contributed by atoms with Gasteiger partial charge in [0.15, 0.2) is 5.82 Å². The number of alkyl halides is 3. The lowest BCUT2D eigenvalue weighted by Gasteiger charge is -2.08. The minimum absolute atomic E-state index is 0.0703. The number of amides is 1. The summed E-state index contributed by atoms with van der Waals surface area (Å²) in [6, 6.07) is 19.7. The molecule has 0 unspecified atom stereocenters. The Bertz CT molecular complexity index is 1620. The van der Waals surface area contributed by atoms with Crippen LogP contribution in [0.25, 0.3) is 22.5 Å². The SMILES string of the molecule is CCc1nn(Cc2ccc(-c3ccccc3-c3nnn[nH]3)cc2)c(=NC(=O)c2ccc(C(F)(F)F)cc2)s1. The van der Waals surface area contributed by atoms with Crippen LogP contribution in [0.4, 0.5) is 13.2 Å². The second-order valence-corrected chi connectivity index (χ2v) is 9.31. The smallest absolute Gasteiger partial charge is 0.267 e. The first-order chi connectivity index (χ1) is 18.3. The number of rotatable bonds is 6. The third-order valence-corrected chi connectivity index (χ3v) is 6.84. The van der Waals surface area contributed by atoms with Gasteiger partial charge >= 0.3 is 6.18 Å². The molecule has 192 valence electrons. The first kappa shape index (κ1) is 25.2. The number of H-pyrrole nitrogens is 1. The van der Waals surface area contributed by atoms with Crippen molar-refractivity contribution in [2.75, 3.05) is 0 Å². The van der Waals surface area contributed by atoms with Crippen LogP contribution in [-0.2, 0) is 19.1 Å². The molecule has 1 amide bonds. The molecule has 0 saturated heterocycles. The molecule has 0 aliphatic heterocycles. The zero-order valence-electron chi connectivity index (χ0n) is 20.0. The van der Waals surface area contributed by atoms with Crippen molar-refractivity contribution in [2.24, 2.45) is 4.99 Å². The van der Waals surface area contributed by atoms with Gasteiger partial charge in [-0.15, -0.1) is 5.10 Å². The van der Waals surface area contributed by atoms with Crippen molar-refractivity contribution in [1.29, 1.82) is 0 Å². The Labute approximate surface area is 218 Å². The van der Waals surface area contributed by atoms with Crippen molar-refractivity contribution in [3.8, 4) is 22.5 Å². The van der Waals surface area contributed by atoms with E-state index in [9.17, 15) is 18.0 Å². The van der Waals surface area contributed by atoms with Gasteiger partial charge in [-0.25, -0.2) is 9.78 Å². The van der Waals surface area contributed by atoms with E-state index in [2.05, 4.69) is 30.7 Å². The third-order valence-electron chi connectivity index (χ3n) is 5.75.